The van der Waals surface area contributed by atoms with Gasteiger partial charge in [-0.2, -0.15) is 0 Å². The van der Waals surface area contributed by atoms with Crippen LogP contribution >= 0.6 is 0 Å². The van der Waals surface area contributed by atoms with E-state index in [0.29, 0.717) is 6.54 Å². The third-order valence-corrected chi connectivity index (χ3v) is 3.74. The van der Waals surface area contributed by atoms with Gasteiger partial charge in [-0.15, -0.1) is 0 Å². The summed E-state index contributed by atoms with van der Waals surface area (Å²) in [6.45, 7) is 6.12. The molecule has 122 valence electrons. The molecule has 1 aromatic carbocycles. The Kier molecular flexibility index (Phi) is 7.43. The third-order valence-electron chi connectivity index (χ3n) is 3.74. The van der Waals surface area contributed by atoms with Crippen molar-refractivity contribution in [1.29, 1.82) is 0 Å². The Bertz CT molecular complexity index is 485. The van der Waals surface area contributed by atoms with Crippen LogP contribution in [0, 0.1) is 0 Å². The Morgan fingerprint density at radius 3 is 2.41 bits per heavy atom. The van der Waals surface area contributed by atoms with Crippen molar-refractivity contribution >= 4 is 11.8 Å². The van der Waals surface area contributed by atoms with E-state index in [-0.39, 0.29) is 24.4 Å². The largest absolute Gasteiger partial charge is 0.497 e. The molecular formula is C17H26N2O3. The molecule has 0 aliphatic carbocycles. The van der Waals surface area contributed by atoms with Crippen LogP contribution in [0.25, 0.3) is 0 Å². The van der Waals surface area contributed by atoms with E-state index in [4.69, 9.17) is 4.74 Å². The molecule has 2 amide bonds. The summed E-state index contributed by atoms with van der Waals surface area (Å²) in [6, 6.07) is 7.83. The predicted molar refractivity (Wildman–Crippen MR) is 86.8 cm³/mol. The Morgan fingerprint density at radius 2 is 1.91 bits per heavy atom. The van der Waals surface area contributed by atoms with Crippen molar-refractivity contribution in [2.75, 3.05) is 20.2 Å². The van der Waals surface area contributed by atoms with E-state index in [9.17, 15) is 9.59 Å². The van der Waals surface area contributed by atoms with Crippen LogP contribution in [0.1, 0.15) is 32.8 Å². The number of nitrogens with one attached hydrogen (secondary N) is 1. The molecule has 0 aliphatic rings. The zero-order chi connectivity index (χ0) is 16.5. The molecule has 0 radical (unpaired) electrons. The molecule has 0 heterocycles. The summed E-state index contributed by atoms with van der Waals surface area (Å²) in [7, 11) is 1.63. The van der Waals surface area contributed by atoms with E-state index in [2.05, 4.69) is 5.32 Å². The minimum atomic E-state index is -0.121. The highest BCUT2D eigenvalue weighted by Gasteiger charge is 2.18. The molecule has 1 aromatic rings. The second-order valence-corrected chi connectivity index (χ2v) is 5.35. The molecular weight excluding hydrogens is 280 g/mol. The van der Waals surface area contributed by atoms with E-state index in [1.54, 1.807) is 12.0 Å². The number of hydrogen-bond donors (Lipinski definition) is 1. The Labute approximate surface area is 132 Å². The monoisotopic (exact) mass is 306 g/mol. The Balaban J connectivity index is 2.39. The van der Waals surface area contributed by atoms with Crippen molar-refractivity contribution in [3.63, 3.8) is 0 Å². The van der Waals surface area contributed by atoms with Gasteiger partial charge in [0.25, 0.3) is 0 Å². The van der Waals surface area contributed by atoms with Crippen molar-refractivity contribution in [2.24, 2.45) is 0 Å². The first-order valence-electron chi connectivity index (χ1n) is 7.64. The van der Waals surface area contributed by atoms with Crippen LogP contribution in [0.15, 0.2) is 24.3 Å². The molecule has 0 fully saturated rings. The van der Waals surface area contributed by atoms with Gasteiger partial charge in [-0.25, -0.2) is 0 Å². The van der Waals surface area contributed by atoms with Crippen molar-refractivity contribution < 1.29 is 14.3 Å². The number of amides is 2. The second kappa shape index (κ2) is 9.07. The molecule has 0 aromatic heterocycles. The third kappa shape index (κ3) is 5.76. The average Bonchev–Trinajstić information content (AvgIpc) is 2.52. The molecule has 0 spiro atoms. The molecule has 0 saturated carbocycles. The van der Waals surface area contributed by atoms with Gasteiger partial charge < -0.3 is 15.0 Å². The van der Waals surface area contributed by atoms with E-state index in [1.807, 2.05) is 38.1 Å². The van der Waals surface area contributed by atoms with Gasteiger partial charge in [0, 0.05) is 19.5 Å². The van der Waals surface area contributed by atoms with E-state index < -0.39 is 0 Å². The van der Waals surface area contributed by atoms with Gasteiger partial charge in [0.05, 0.1) is 13.7 Å². The fourth-order valence-electron chi connectivity index (χ4n) is 2.15. The normalized spacial score (nSPS) is 11.6. The molecule has 5 heteroatoms. The second-order valence-electron chi connectivity index (χ2n) is 5.35. The number of ether oxygens (including phenoxy) is 1. The lowest BCUT2D eigenvalue weighted by atomic mass is 10.1. The molecule has 5 nitrogen and oxygen atoms in total. The zero-order valence-corrected chi connectivity index (χ0v) is 13.9. The minimum absolute atomic E-state index is 0.0698. The lowest BCUT2D eigenvalue weighted by molar-refractivity contribution is -0.136. The Morgan fingerprint density at radius 1 is 1.27 bits per heavy atom. The Hall–Kier alpha value is -2.04. The average molecular weight is 306 g/mol. The standard InChI is InChI=1S/C17H26N2O3/c1-5-13(2)19(14(3)20)12-17(21)18-11-10-15-6-8-16(22-4)9-7-15/h6-9,13H,5,10-12H2,1-4H3,(H,18,21). The van der Waals surface area contributed by atoms with Crippen LogP contribution in [0.4, 0.5) is 0 Å². The van der Waals surface area contributed by atoms with Crippen molar-refractivity contribution in [3.05, 3.63) is 29.8 Å². The summed E-state index contributed by atoms with van der Waals surface area (Å²) in [5.74, 6) is 0.627. The fraction of sp³-hybridized carbons (Fsp3) is 0.529. The van der Waals surface area contributed by atoms with Crippen LogP contribution in [0.3, 0.4) is 0 Å². The molecule has 1 rings (SSSR count). The van der Waals surface area contributed by atoms with Gasteiger partial charge in [-0.1, -0.05) is 19.1 Å². The number of carbonyl (C=O) groups excluding carboxylic acids is 2. The van der Waals surface area contributed by atoms with Gasteiger partial charge in [-0.05, 0) is 37.5 Å². The predicted octanol–water partition coefficient (Wildman–Crippen LogP) is 2.00. The van der Waals surface area contributed by atoms with Crippen molar-refractivity contribution in [3.8, 4) is 5.75 Å². The van der Waals surface area contributed by atoms with Crippen LogP contribution < -0.4 is 10.1 Å². The van der Waals surface area contributed by atoms with Gasteiger partial charge in [-0.3, -0.25) is 9.59 Å². The van der Waals surface area contributed by atoms with Gasteiger partial charge >= 0.3 is 0 Å². The molecule has 0 bridgehead atoms. The van der Waals surface area contributed by atoms with Crippen LogP contribution in [0.2, 0.25) is 0 Å². The SMILES string of the molecule is CCC(C)N(CC(=O)NCCc1ccc(OC)cc1)C(C)=O. The van der Waals surface area contributed by atoms with E-state index in [1.165, 1.54) is 6.92 Å². The number of methoxy groups -OCH3 is 1. The number of hydrogen-bond acceptors (Lipinski definition) is 3. The van der Waals surface area contributed by atoms with Crippen molar-refractivity contribution in [2.45, 2.75) is 39.7 Å². The highest BCUT2D eigenvalue weighted by atomic mass is 16.5. The maximum Gasteiger partial charge on any atom is 0.239 e. The van der Waals surface area contributed by atoms with Crippen molar-refractivity contribution in [1.82, 2.24) is 10.2 Å². The summed E-state index contributed by atoms with van der Waals surface area (Å²) in [5.41, 5.74) is 1.13. The maximum absolute atomic E-state index is 11.9. The van der Waals surface area contributed by atoms with Gasteiger partial charge in [0.15, 0.2) is 0 Å². The van der Waals surface area contributed by atoms with Gasteiger partial charge in [0.2, 0.25) is 11.8 Å². The molecule has 0 aliphatic heterocycles. The minimum Gasteiger partial charge on any atom is -0.497 e. The molecule has 1 N–H and O–H groups in total. The summed E-state index contributed by atoms with van der Waals surface area (Å²) in [5, 5.41) is 2.86. The first-order chi connectivity index (χ1) is 10.5. The number of rotatable bonds is 8. The smallest absolute Gasteiger partial charge is 0.239 e. The molecule has 22 heavy (non-hydrogen) atoms. The fourth-order valence-corrected chi connectivity index (χ4v) is 2.15. The summed E-state index contributed by atoms with van der Waals surface area (Å²) in [6.07, 6.45) is 1.58. The molecule has 1 atom stereocenters. The number of carbonyl (C=O) groups is 2. The summed E-state index contributed by atoms with van der Waals surface area (Å²) < 4.78 is 5.10. The van der Waals surface area contributed by atoms with E-state index in [0.717, 1.165) is 24.2 Å². The molecule has 0 saturated heterocycles. The van der Waals surface area contributed by atoms with E-state index >= 15 is 0 Å². The lowest BCUT2D eigenvalue weighted by Gasteiger charge is -2.26. The first-order valence-corrected chi connectivity index (χ1v) is 7.64. The number of nitrogens with zero attached hydrogens (tertiary/aromatic N) is 1. The quantitative estimate of drug-likeness (QED) is 0.799. The lowest BCUT2D eigenvalue weighted by Crippen LogP contribution is -2.44. The summed E-state index contributed by atoms with van der Waals surface area (Å²) >= 11 is 0. The highest BCUT2D eigenvalue weighted by molar-refractivity contribution is 5.83. The van der Waals surface area contributed by atoms with Crippen LogP contribution in [0.5, 0.6) is 5.75 Å². The van der Waals surface area contributed by atoms with Crippen LogP contribution in [-0.4, -0.2) is 43.0 Å². The maximum atomic E-state index is 11.9. The summed E-state index contributed by atoms with van der Waals surface area (Å²) in [4.78, 5) is 25.1. The first kappa shape index (κ1) is 18.0. The van der Waals surface area contributed by atoms with Gasteiger partial charge in [0.1, 0.15) is 5.75 Å². The van der Waals surface area contributed by atoms with Crippen LogP contribution in [-0.2, 0) is 16.0 Å². The molecule has 1 unspecified atom stereocenters. The highest BCUT2D eigenvalue weighted by Crippen LogP contribution is 2.11. The zero-order valence-electron chi connectivity index (χ0n) is 13.9. The number of benzene rings is 1. The topological polar surface area (TPSA) is 58.6 Å².